The lowest BCUT2D eigenvalue weighted by Gasteiger charge is -2.56. The Balaban J connectivity index is 2.01. The molecule has 0 aromatic heterocycles. The number of aromatic hydroxyl groups is 1. The van der Waals surface area contributed by atoms with Crippen molar-refractivity contribution >= 4 is 21.7 Å². The summed E-state index contributed by atoms with van der Waals surface area (Å²) in [5, 5.41) is 11.0. The van der Waals surface area contributed by atoms with Gasteiger partial charge in [-0.3, -0.25) is 4.79 Å². The summed E-state index contributed by atoms with van der Waals surface area (Å²) in [5.41, 5.74) is 1.58. The number of allylic oxidation sites excluding steroid dienone is 1. The van der Waals surface area contributed by atoms with Crippen LogP contribution in [0, 0.1) is 5.92 Å². The van der Waals surface area contributed by atoms with Gasteiger partial charge in [0.1, 0.15) is 0 Å². The van der Waals surface area contributed by atoms with Crippen molar-refractivity contribution in [2.45, 2.75) is 30.7 Å². The number of methoxy groups -OCH3 is 2. The molecule has 6 heteroatoms. The zero-order chi connectivity index (χ0) is 17.9. The standard InChI is InChI=1S/C19H22BrNO4/c1-21-5-4-19-9-14(22)15(24-2)7-11(19)13(21)6-10-12(20)8-16(25-3)18(23)17(10)19/h7-8,11,13,23H,4-6,9H2,1-3H3/t11-,13+,19-/m0/s1. The number of phenols is 1. The molecule has 1 N–H and O–H groups in total. The van der Waals surface area contributed by atoms with Crippen LogP contribution in [-0.2, 0) is 21.4 Å². The zero-order valence-electron chi connectivity index (χ0n) is 14.6. The number of benzene rings is 1. The van der Waals surface area contributed by atoms with Crippen LogP contribution in [0.1, 0.15) is 24.0 Å². The minimum absolute atomic E-state index is 0.00763. The highest BCUT2D eigenvalue weighted by Crippen LogP contribution is 2.58. The molecular formula is C19H22BrNO4. The first-order chi connectivity index (χ1) is 11.9. The summed E-state index contributed by atoms with van der Waals surface area (Å²) in [5.74, 6) is 1.22. The van der Waals surface area contributed by atoms with Crippen LogP contribution < -0.4 is 4.74 Å². The van der Waals surface area contributed by atoms with E-state index in [-0.39, 0.29) is 23.5 Å². The molecule has 5 nitrogen and oxygen atoms in total. The molecule has 3 atom stereocenters. The molecule has 0 saturated carbocycles. The lowest BCUT2D eigenvalue weighted by atomic mass is 9.53. The van der Waals surface area contributed by atoms with Crippen LogP contribution in [0.15, 0.2) is 22.4 Å². The first-order valence-electron chi connectivity index (χ1n) is 8.51. The van der Waals surface area contributed by atoms with Crippen molar-refractivity contribution in [2.75, 3.05) is 27.8 Å². The van der Waals surface area contributed by atoms with Crippen molar-refractivity contribution in [3.05, 3.63) is 33.5 Å². The van der Waals surface area contributed by atoms with Crippen LogP contribution >= 0.6 is 15.9 Å². The average molecular weight is 408 g/mol. The fourth-order valence-electron chi connectivity index (χ4n) is 5.06. The van der Waals surface area contributed by atoms with Gasteiger partial charge < -0.3 is 19.5 Å². The number of halogens is 1. The Hall–Kier alpha value is -1.53. The van der Waals surface area contributed by atoms with E-state index in [4.69, 9.17) is 9.47 Å². The molecule has 25 heavy (non-hydrogen) atoms. The van der Waals surface area contributed by atoms with Gasteiger partial charge in [0.2, 0.25) is 0 Å². The topological polar surface area (TPSA) is 59.0 Å². The molecular weight excluding hydrogens is 386 g/mol. The molecule has 1 aliphatic heterocycles. The van der Waals surface area contributed by atoms with Gasteiger partial charge in [-0.05, 0) is 44.1 Å². The summed E-state index contributed by atoms with van der Waals surface area (Å²) < 4.78 is 11.6. The van der Waals surface area contributed by atoms with E-state index in [1.54, 1.807) is 14.2 Å². The van der Waals surface area contributed by atoms with E-state index < -0.39 is 5.41 Å². The Labute approximate surface area is 155 Å². The number of fused-ring (bicyclic) bond motifs is 1. The number of nitrogens with zero attached hydrogens (tertiary/aromatic N) is 1. The summed E-state index contributed by atoms with van der Waals surface area (Å²) in [7, 11) is 5.24. The van der Waals surface area contributed by atoms with Gasteiger partial charge in [0.25, 0.3) is 0 Å². The molecule has 134 valence electrons. The highest BCUT2D eigenvalue weighted by molar-refractivity contribution is 9.10. The van der Waals surface area contributed by atoms with Crippen LogP contribution in [-0.4, -0.2) is 49.6 Å². The maximum absolute atomic E-state index is 12.7. The Morgan fingerprint density at radius 3 is 2.80 bits per heavy atom. The van der Waals surface area contributed by atoms with E-state index in [9.17, 15) is 9.90 Å². The fourth-order valence-corrected chi connectivity index (χ4v) is 5.63. The van der Waals surface area contributed by atoms with Gasteiger partial charge >= 0.3 is 0 Å². The largest absolute Gasteiger partial charge is 0.504 e. The number of phenolic OH excluding ortho intramolecular Hbond substituents is 1. The minimum Gasteiger partial charge on any atom is -0.504 e. The Bertz CT molecular complexity index is 790. The molecule has 1 fully saturated rings. The lowest BCUT2D eigenvalue weighted by molar-refractivity contribution is -0.122. The van der Waals surface area contributed by atoms with Gasteiger partial charge in [0.05, 0.1) is 14.2 Å². The molecule has 2 bridgehead atoms. The van der Waals surface area contributed by atoms with Gasteiger partial charge in [0.15, 0.2) is 23.0 Å². The van der Waals surface area contributed by atoms with Crippen LogP contribution in [0.3, 0.4) is 0 Å². The van der Waals surface area contributed by atoms with E-state index in [1.165, 1.54) is 0 Å². The number of hydrogen-bond acceptors (Lipinski definition) is 5. The number of piperidine rings is 1. The number of rotatable bonds is 2. The van der Waals surface area contributed by atoms with Crippen LogP contribution in [0.25, 0.3) is 0 Å². The first kappa shape index (κ1) is 16.9. The van der Waals surface area contributed by atoms with E-state index in [1.807, 2.05) is 12.1 Å². The normalized spacial score (nSPS) is 31.0. The quantitative estimate of drug-likeness (QED) is 0.816. The second-order valence-corrected chi connectivity index (χ2v) is 8.14. The predicted octanol–water partition coefficient (Wildman–Crippen LogP) is 2.78. The second-order valence-electron chi connectivity index (χ2n) is 7.28. The third-order valence-corrected chi connectivity index (χ3v) is 6.99. The highest BCUT2D eigenvalue weighted by Gasteiger charge is 2.57. The van der Waals surface area contributed by atoms with Crippen molar-refractivity contribution in [3.63, 3.8) is 0 Å². The molecule has 1 aromatic rings. The minimum atomic E-state index is -0.398. The Kier molecular flexibility index (Phi) is 3.88. The number of ketones is 1. The molecule has 1 heterocycles. The maximum Gasteiger partial charge on any atom is 0.197 e. The average Bonchev–Trinajstić information content (AvgIpc) is 2.59. The van der Waals surface area contributed by atoms with E-state index in [0.717, 1.165) is 35.0 Å². The Morgan fingerprint density at radius 1 is 1.36 bits per heavy atom. The van der Waals surface area contributed by atoms with Gasteiger partial charge in [-0.15, -0.1) is 0 Å². The smallest absolute Gasteiger partial charge is 0.197 e. The van der Waals surface area contributed by atoms with Crippen LogP contribution in [0.4, 0.5) is 0 Å². The monoisotopic (exact) mass is 407 g/mol. The molecule has 0 spiro atoms. The van der Waals surface area contributed by atoms with Crippen molar-refractivity contribution < 1.29 is 19.4 Å². The third-order valence-electron chi connectivity index (χ3n) is 6.28. The number of carbonyl (C=O) groups excluding carboxylic acids is 1. The van der Waals surface area contributed by atoms with Crippen molar-refractivity contribution in [2.24, 2.45) is 5.92 Å². The first-order valence-corrected chi connectivity index (χ1v) is 9.30. The number of ether oxygens (including phenoxy) is 2. The highest BCUT2D eigenvalue weighted by atomic mass is 79.9. The lowest BCUT2D eigenvalue weighted by Crippen LogP contribution is -2.60. The summed E-state index contributed by atoms with van der Waals surface area (Å²) >= 11 is 3.66. The van der Waals surface area contributed by atoms with E-state index in [2.05, 4.69) is 27.9 Å². The second kappa shape index (κ2) is 5.74. The predicted molar refractivity (Wildman–Crippen MR) is 97.0 cm³/mol. The molecule has 1 aromatic carbocycles. The van der Waals surface area contributed by atoms with Crippen molar-refractivity contribution in [3.8, 4) is 11.5 Å². The Morgan fingerprint density at radius 2 is 2.12 bits per heavy atom. The SMILES string of the molecule is COC1=C[C@H]2[C@H]3Cc4c(Br)cc(OC)c(O)c4[C@@]2(CCN3C)CC1=O. The molecule has 3 aliphatic rings. The van der Waals surface area contributed by atoms with E-state index >= 15 is 0 Å². The third kappa shape index (κ3) is 2.20. The maximum atomic E-state index is 12.7. The number of hydrogen-bond donors (Lipinski definition) is 1. The van der Waals surface area contributed by atoms with Gasteiger partial charge in [-0.25, -0.2) is 0 Å². The van der Waals surface area contributed by atoms with Gasteiger partial charge in [-0.1, -0.05) is 15.9 Å². The molecule has 0 amide bonds. The molecule has 1 saturated heterocycles. The van der Waals surface area contributed by atoms with Crippen molar-refractivity contribution in [1.82, 2.24) is 4.90 Å². The number of carbonyl (C=O) groups is 1. The zero-order valence-corrected chi connectivity index (χ0v) is 16.2. The summed E-state index contributed by atoms with van der Waals surface area (Å²) in [6.45, 7) is 0.901. The summed E-state index contributed by atoms with van der Waals surface area (Å²) in [4.78, 5) is 15.0. The number of Topliss-reactive ketones (excluding diaryl/α,β-unsaturated/α-hetero) is 1. The van der Waals surface area contributed by atoms with Crippen LogP contribution in [0.5, 0.6) is 11.5 Å². The molecule has 2 aliphatic carbocycles. The molecule has 0 unspecified atom stereocenters. The van der Waals surface area contributed by atoms with Crippen molar-refractivity contribution in [1.29, 1.82) is 0 Å². The number of likely N-dealkylation sites (tertiary alicyclic amines) is 1. The summed E-state index contributed by atoms with van der Waals surface area (Å²) in [6.07, 6.45) is 3.99. The molecule has 0 radical (unpaired) electrons. The molecule has 4 rings (SSSR count). The van der Waals surface area contributed by atoms with Gasteiger partial charge in [0, 0.05) is 33.8 Å². The van der Waals surface area contributed by atoms with Gasteiger partial charge in [-0.2, -0.15) is 0 Å². The summed E-state index contributed by atoms with van der Waals surface area (Å²) in [6, 6.07) is 2.10. The fraction of sp³-hybridized carbons (Fsp3) is 0.526. The number of likely N-dealkylation sites (N-methyl/N-ethyl adjacent to an activating group) is 1. The van der Waals surface area contributed by atoms with E-state index in [0.29, 0.717) is 17.9 Å². The van der Waals surface area contributed by atoms with Crippen LogP contribution in [0.2, 0.25) is 0 Å².